The van der Waals surface area contributed by atoms with Gasteiger partial charge in [-0.2, -0.15) is 12.1 Å². The van der Waals surface area contributed by atoms with Crippen LogP contribution < -0.4 is 15.4 Å². The molecule has 0 fully saturated rings. The number of allylic oxidation sites excluding steroid dienone is 2. The number of hydrogen-bond donors (Lipinski definition) is 0. The smallest absolute Gasteiger partial charge is 0.0486 e. The molecule has 0 radical (unpaired) electrons. The summed E-state index contributed by atoms with van der Waals surface area (Å²) in [6, 6.07) is 28.6. The third-order valence-electron chi connectivity index (χ3n) is 5.84. The van der Waals surface area contributed by atoms with Gasteiger partial charge in [0, 0.05) is 0 Å². The van der Waals surface area contributed by atoms with Crippen molar-refractivity contribution < 1.29 is 29.4 Å². The molecule has 0 bridgehead atoms. The third kappa shape index (κ3) is 13.9. The maximum atomic E-state index is 9.33. The molecule has 0 aromatic heterocycles. The molecule has 4 heteroatoms. The Morgan fingerprint density at radius 2 is 1.00 bits per heavy atom. The summed E-state index contributed by atoms with van der Waals surface area (Å²) in [4.78, 5) is 0. The first-order valence-corrected chi connectivity index (χ1v) is 18.0. The number of aryl methyl sites for hydroxylation is 6. The molecule has 0 heterocycles. The van der Waals surface area contributed by atoms with Gasteiger partial charge in [-0.15, -0.1) is 81.6 Å². The summed E-state index contributed by atoms with van der Waals surface area (Å²) >= 11 is 2.31. The molecular formula is C37H44O2SiTi-2. The molecule has 214 valence electrons. The SMILES string of the molecule is C=C(C)[O-].C=C(C)[O-].C[Si](=[Ti+2])c1ccccc1.Cc1cc(C)c2cc(C)[cH-]c2c1.Cc1cc(C)c2cc(C)[cH-]c2c1. The zero-order valence-electron chi connectivity index (χ0n) is 26.2. The number of fused-ring (bicyclic) bond motifs is 2. The molecule has 0 N–H and O–H groups in total. The van der Waals surface area contributed by atoms with Gasteiger partial charge < -0.3 is 10.2 Å². The van der Waals surface area contributed by atoms with Gasteiger partial charge in [-0.05, 0) is 27.7 Å². The van der Waals surface area contributed by atoms with E-state index in [-0.39, 0.29) is 17.7 Å². The van der Waals surface area contributed by atoms with Crippen molar-refractivity contribution in [2.24, 2.45) is 0 Å². The van der Waals surface area contributed by atoms with Gasteiger partial charge >= 0.3 is 67.4 Å². The van der Waals surface area contributed by atoms with Crippen LogP contribution in [0.4, 0.5) is 0 Å². The van der Waals surface area contributed by atoms with Crippen molar-refractivity contribution in [3.05, 3.63) is 137 Å². The summed E-state index contributed by atoms with van der Waals surface area (Å²) in [7, 11) is 0. The molecule has 0 spiro atoms. The predicted molar refractivity (Wildman–Crippen MR) is 175 cm³/mol. The Labute approximate surface area is 260 Å². The monoisotopic (exact) mass is 596 g/mol. The molecule has 0 aliphatic heterocycles. The van der Waals surface area contributed by atoms with Gasteiger partial charge in [0.1, 0.15) is 0 Å². The van der Waals surface area contributed by atoms with Crippen LogP contribution >= 0.6 is 0 Å². The Morgan fingerprint density at radius 3 is 1.29 bits per heavy atom. The van der Waals surface area contributed by atoms with E-state index in [9.17, 15) is 10.2 Å². The topological polar surface area (TPSA) is 46.1 Å². The molecule has 5 aromatic rings. The fraction of sp³-hybridized carbons (Fsp3) is 0.243. The molecule has 0 saturated carbocycles. The Balaban J connectivity index is 0.000000275. The predicted octanol–water partition coefficient (Wildman–Crippen LogP) is 7.79. The van der Waals surface area contributed by atoms with Gasteiger partial charge in [0.15, 0.2) is 0 Å². The molecule has 5 aromatic carbocycles. The standard InChI is InChI=1S/2C12H13.C7H8Si.2C3H6O.Ti/c2*1-8-4-10(3)12-7-9(2)6-11(12)5-8;1-8-7-5-3-2-4-6-7;2*1-3(2)4;/h2*4-7H,1-3H3;2-6H,1H3;2*4H,1H2,2H3;/q2*-1;;;;+2/p-2. The second kappa shape index (κ2) is 17.6. The Kier molecular flexibility index (Phi) is 15.5. The molecule has 0 saturated heterocycles. The first-order valence-electron chi connectivity index (χ1n) is 13.6. The fourth-order valence-electron chi connectivity index (χ4n) is 4.37. The minimum atomic E-state index is -0.212. The van der Waals surface area contributed by atoms with Crippen molar-refractivity contribution in [3.63, 3.8) is 0 Å². The van der Waals surface area contributed by atoms with Crippen LogP contribution in [0.3, 0.4) is 0 Å². The zero-order valence-corrected chi connectivity index (χ0v) is 28.8. The first-order chi connectivity index (χ1) is 19.1. The summed E-state index contributed by atoms with van der Waals surface area (Å²) in [5.74, 6) is -0.167. The van der Waals surface area contributed by atoms with Gasteiger partial charge in [0.05, 0.1) is 0 Å². The Bertz CT molecular complexity index is 1480. The second-order valence-electron chi connectivity index (χ2n) is 10.6. The Morgan fingerprint density at radius 1 is 0.659 bits per heavy atom. The molecule has 0 amide bonds. The molecule has 0 aliphatic rings. The molecular weight excluding hydrogens is 552 g/mol. The van der Waals surface area contributed by atoms with Crippen molar-refractivity contribution >= 4 is 32.9 Å². The van der Waals surface area contributed by atoms with E-state index in [1.165, 1.54) is 74.0 Å². The van der Waals surface area contributed by atoms with Crippen LogP contribution in [0.5, 0.6) is 0 Å². The molecule has 0 unspecified atom stereocenters. The van der Waals surface area contributed by atoms with Crippen LogP contribution in [-0.2, 0) is 19.2 Å². The van der Waals surface area contributed by atoms with Gasteiger partial charge in [-0.3, -0.25) is 0 Å². The zero-order chi connectivity index (χ0) is 31.3. The summed E-state index contributed by atoms with van der Waals surface area (Å²) in [5, 5.41) is 25.7. The van der Waals surface area contributed by atoms with Crippen molar-refractivity contribution in [2.75, 3.05) is 0 Å². The van der Waals surface area contributed by atoms with Crippen molar-refractivity contribution in [1.82, 2.24) is 0 Å². The van der Waals surface area contributed by atoms with Crippen LogP contribution in [0.25, 0.3) is 21.5 Å². The van der Waals surface area contributed by atoms with Crippen LogP contribution in [0, 0.1) is 41.5 Å². The van der Waals surface area contributed by atoms with E-state index in [2.05, 4.69) is 159 Å². The maximum absolute atomic E-state index is 9.33. The summed E-state index contributed by atoms with van der Waals surface area (Å²) in [5.41, 5.74) is 8.20. The fourth-order valence-corrected chi connectivity index (χ4v) is 5.85. The number of rotatable bonds is 1. The molecule has 2 nitrogen and oxygen atoms in total. The minimum absolute atomic E-state index is 0.0833. The van der Waals surface area contributed by atoms with Crippen LogP contribution in [0.1, 0.15) is 47.2 Å². The quantitative estimate of drug-likeness (QED) is 0.113. The van der Waals surface area contributed by atoms with Gasteiger partial charge in [-0.1, -0.05) is 62.1 Å². The van der Waals surface area contributed by atoms with Crippen LogP contribution in [-0.4, -0.2) is 6.19 Å². The van der Waals surface area contributed by atoms with Gasteiger partial charge in [0.25, 0.3) is 0 Å². The van der Waals surface area contributed by atoms with E-state index in [1.54, 1.807) is 0 Å². The van der Waals surface area contributed by atoms with E-state index in [1.807, 2.05) is 0 Å². The summed E-state index contributed by atoms with van der Waals surface area (Å²) in [6.45, 7) is 24.1. The van der Waals surface area contributed by atoms with E-state index < -0.39 is 0 Å². The summed E-state index contributed by atoms with van der Waals surface area (Å²) < 4.78 is 0. The average Bonchev–Trinajstić information content (AvgIpc) is 3.41. The average molecular weight is 597 g/mol. The number of hydrogen-bond acceptors (Lipinski definition) is 2. The van der Waals surface area contributed by atoms with Crippen molar-refractivity contribution in [1.29, 1.82) is 0 Å². The molecule has 0 aliphatic carbocycles. The normalized spacial score (nSPS) is 9.63. The van der Waals surface area contributed by atoms with E-state index >= 15 is 0 Å². The Hall–Kier alpha value is -3.11. The van der Waals surface area contributed by atoms with Crippen molar-refractivity contribution in [2.45, 2.75) is 61.9 Å². The molecule has 0 atom stereocenters. The third-order valence-corrected chi connectivity index (χ3v) is 8.40. The van der Waals surface area contributed by atoms with E-state index in [4.69, 9.17) is 0 Å². The van der Waals surface area contributed by atoms with E-state index in [0.29, 0.717) is 0 Å². The van der Waals surface area contributed by atoms with Crippen molar-refractivity contribution in [3.8, 4) is 0 Å². The van der Waals surface area contributed by atoms with Gasteiger partial charge in [-0.25, -0.2) is 0 Å². The first kappa shape index (κ1) is 35.9. The molecule has 5 rings (SSSR count). The summed E-state index contributed by atoms with van der Waals surface area (Å²) in [6.07, 6.45) is -0.212. The van der Waals surface area contributed by atoms with E-state index in [0.717, 1.165) is 0 Å². The van der Waals surface area contributed by atoms with Gasteiger partial charge in [0.2, 0.25) is 0 Å². The van der Waals surface area contributed by atoms with Crippen LogP contribution in [0.15, 0.2) is 104 Å². The number of benzene rings is 3. The molecule has 41 heavy (non-hydrogen) atoms. The van der Waals surface area contributed by atoms with Crippen LogP contribution in [0.2, 0.25) is 6.55 Å². The minimum Gasteiger partial charge on any atom is -0.165 e. The second-order valence-corrected chi connectivity index (χ2v) is 16.0. The maximum Gasteiger partial charge on any atom is -0.0486 e. The largest absolute Gasteiger partial charge is 0.165 e.